The third kappa shape index (κ3) is 5.47. The highest BCUT2D eigenvalue weighted by molar-refractivity contribution is 14.0. The molecule has 0 aromatic carbocycles. The van der Waals surface area contributed by atoms with Gasteiger partial charge in [0.15, 0.2) is 5.96 Å². The maximum absolute atomic E-state index is 12.2. The Bertz CT molecular complexity index is 458. The van der Waals surface area contributed by atoms with Crippen LogP contribution in [-0.2, 0) is 4.79 Å². The van der Waals surface area contributed by atoms with Gasteiger partial charge in [-0.1, -0.05) is 25.7 Å². The number of halogens is 1. The van der Waals surface area contributed by atoms with E-state index < -0.39 is 0 Å². The average molecular weight is 462 g/mol. The summed E-state index contributed by atoms with van der Waals surface area (Å²) in [5.41, 5.74) is 0.589. The average Bonchev–Trinajstić information content (AvgIpc) is 3.04. The van der Waals surface area contributed by atoms with Crippen molar-refractivity contribution in [1.82, 2.24) is 15.5 Å². The second kappa shape index (κ2) is 9.97. The first-order chi connectivity index (χ1) is 11.7. The molecular weight excluding hydrogens is 427 g/mol. The molecule has 5 nitrogen and oxygen atoms in total. The standard InChI is InChI=1S/C19H34N4O.HI/c1-2-20-18(23-14-11-19(15-23)9-6-10-19)22-13-12-21-17(24)16-7-4-3-5-8-16;/h16H,2-15H2,1H3,(H,20,22)(H,21,24);1H. The van der Waals surface area contributed by atoms with Gasteiger partial charge in [-0.3, -0.25) is 9.79 Å². The molecule has 0 aromatic rings. The smallest absolute Gasteiger partial charge is 0.223 e. The maximum Gasteiger partial charge on any atom is 0.223 e. The van der Waals surface area contributed by atoms with E-state index in [0.29, 0.717) is 18.5 Å². The maximum atomic E-state index is 12.2. The molecule has 3 fully saturated rings. The lowest BCUT2D eigenvalue weighted by Crippen LogP contribution is -2.43. The van der Waals surface area contributed by atoms with E-state index in [1.165, 1.54) is 44.9 Å². The predicted octanol–water partition coefficient (Wildman–Crippen LogP) is 3.14. The molecule has 3 rings (SSSR count). The number of likely N-dealkylation sites (tertiary alicyclic amines) is 1. The first kappa shape index (κ1) is 20.8. The lowest BCUT2D eigenvalue weighted by atomic mass is 9.68. The van der Waals surface area contributed by atoms with Crippen LogP contribution in [0.25, 0.3) is 0 Å². The minimum Gasteiger partial charge on any atom is -0.357 e. The Hall–Kier alpha value is -0.530. The van der Waals surface area contributed by atoms with Gasteiger partial charge >= 0.3 is 0 Å². The molecule has 2 saturated carbocycles. The summed E-state index contributed by atoms with van der Waals surface area (Å²) in [6.45, 7) is 6.63. The topological polar surface area (TPSA) is 56.7 Å². The summed E-state index contributed by atoms with van der Waals surface area (Å²) >= 11 is 0. The molecule has 0 radical (unpaired) electrons. The van der Waals surface area contributed by atoms with E-state index in [1.807, 2.05) is 0 Å². The van der Waals surface area contributed by atoms with Gasteiger partial charge in [0, 0.05) is 32.1 Å². The van der Waals surface area contributed by atoms with Crippen LogP contribution < -0.4 is 10.6 Å². The van der Waals surface area contributed by atoms with E-state index in [4.69, 9.17) is 4.99 Å². The zero-order valence-electron chi connectivity index (χ0n) is 15.7. The van der Waals surface area contributed by atoms with Crippen LogP contribution in [0.15, 0.2) is 4.99 Å². The van der Waals surface area contributed by atoms with E-state index >= 15 is 0 Å². The molecule has 0 atom stereocenters. The third-order valence-electron chi connectivity index (χ3n) is 6.14. The van der Waals surface area contributed by atoms with Crippen molar-refractivity contribution in [1.29, 1.82) is 0 Å². The molecule has 1 heterocycles. The molecule has 1 spiro atoms. The fraction of sp³-hybridized carbons (Fsp3) is 0.895. The van der Waals surface area contributed by atoms with E-state index in [1.54, 1.807) is 0 Å². The molecule has 1 aliphatic heterocycles. The van der Waals surface area contributed by atoms with Gasteiger partial charge in [-0.15, -0.1) is 24.0 Å². The van der Waals surface area contributed by atoms with Gasteiger partial charge in [0.2, 0.25) is 5.91 Å². The summed E-state index contributed by atoms with van der Waals surface area (Å²) in [4.78, 5) is 19.3. The quantitative estimate of drug-likeness (QED) is 0.286. The summed E-state index contributed by atoms with van der Waals surface area (Å²) < 4.78 is 0. The van der Waals surface area contributed by atoms with Crippen LogP contribution in [0.5, 0.6) is 0 Å². The summed E-state index contributed by atoms with van der Waals surface area (Å²) in [7, 11) is 0. The van der Waals surface area contributed by atoms with Crippen molar-refractivity contribution < 1.29 is 4.79 Å². The number of hydrogen-bond donors (Lipinski definition) is 2. The highest BCUT2D eigenvalue weighted by atomic mass is 127. The van der Waals surface area contributed by atoms with Crippen molar-refractivity contribution >= 4 is 35.8 Å². The molecule has 0 unspecified atom stereocenters. The highest BCUT2D eigenvalue weighted by Crippen LogP contribution is 2.47. The van der Waals surface area contributed by atoms with Crippen LogP contribution in [0.1, 0.15) is 64.7 Å². The highest BCUT2D eigenvalue weighted by Gasteiger charge is 2.43. The SMILES string of the molecule is CCNC(=NCCNC(=O)C1CCCCC1)N1CCC2(CCC2)C1.I. The number of carbonyl (C=O) groups excluding carboxylic acids is 1. The second-order valence-corrected chi connectivity index (χ2v) is 7.89. The lowest BCUT2D eigenvalue weighted by Gasteiger charge is -2.38. The number of aliphatic imine (C=N–C) groups is 1. The summed E-state index contributed by atoms with van der Waals surface area (Å²) in [5, 5.41) is 6.51. The number of carbonyl (C=O) groups is 1. The third-order valence-corrected chi connectivity index (χ3v) is 6.14. The van der Waals surface area contributed by atoms with Gasteiger partial charge in [-0.25, -0.2) is 0 Å². The van der Waals surface area contributed by atoms with E-state index in [0.717, 1.165) is 38.4 Å². The van der Waals surface area contributed by atoms with Crippen LogP contribution in [0, 0.1) is 11.3 Å². The molecule has 1 saturated heterocycles. The number of nitrogens with zero attached hydrogens (tertiary/aromatic N) is 2. The van der Waals surface area contributed by atoms with Crippen LogP contribution >= 0.6 is 24.0 Å². The Morgan fingerprint density at radius 2 is 1.88 bits per heavy atom. The molecule has 144 valence electrons. The van der Waals surface area contributed by atoms with Gasteiger partial charge in [0.05, 0.1) is 6.54 Å². The van der Waals surface area contributed by atoms with Gasteiger partial charge < -0.3 is 15.5 Å². The molecular formula is C19H35IN4O. The van der Waals surface area contributed by atoms with Gasteiger partial charge in [0.25, 0.3) is 0 Å². The zero-order valence-corrected chi connectivity index (χ0v) is 18.0. The fourth-order valence-electron chi connectivity index (χ4n) is 4.48. The molecule has 25 heavy (non-hydrogen) atoms. The normalized spacial score (nSPS) is 23.1. The first-order valence-corrected chi connectivity index (χ1v) is 10.0. The molecule has 1 amide bonds. The fourth-order valence-corrected chi connectivity index (χ4v) is 4.48. The predicted molar refractivity (Wildman–Crippen MR) is 113 cm³/mol. The molecule has 2 N–H and O–H groups in total. The molecule has 0 bridgehead atoms. The first-order valence-electron chi connectivity index (χ1n) is 10.0. The van der Waals surface area contributed by atoms with Gasteiger partial charge in [-0.05, 0) is 44.4 Å². The Balaban J connectivity index is 0.00000225. The Morgan fingerprint density at radius 1 is 1.12 bits per heavy atom. The van der Waals surface area contributed by atoms with Crippen LogP contribution in [0.4, 0.5) is 0 Å². The van der Waals surface area contributed by atoms with Crippen LogP contribution in [0.2, 0.25) is 0 Å². The van der Waals surface area contributed by atoms with E-state index in [9.17, 15) is 4.79 Å². The number of amides is 1. The van der Waals surface area contributed by atoms with Crippen molar-refractivity contribution in [2.45, 2.75) is 64.7 Å². The molecule has 0 aromatic heterocycles. The molecule has 2 aliphatic carbocycles. The number of hydrogen-bond acceptors (Lipinski definition) is 2. The monoisotopic (exact) mass is 462 g/mol. The van der Waals surface area contributed by atoms with Crippen molar-refractivity contribution in [3.8, 4) is 0 Å². The van der Waals surface area contributed by atoms with Gasteiger partial charge in [-0.2, -0.15) is 0 Å². The Labute approximate surface area is 169 Å². The number of guanidine groups is 1. The second-order valence-electron chi connectivity index (χ2n) is 7.89. The molecule has 6 heteroatoms. The van der Waals surface area contributed by atoms with Crippen molar-refractivity contribution in [3.63, 3.8) is 0 Å². The number of nitrogens with one attached hydrogen (secondary N) is 2. The van der Waals surface area contributed by atoms with E-state index in [2.05, 4.69) is 22.5 Å². The Morgan fingerprint density at radius 3 is 2.48 bits per heavy atom. The van der Waals surface area contributed by atoms with Crippen molar-refractivity contribution in [3.05, 3.63) is 0 Å². The Kier molecular flexibility index (Phi) is 8.29. The summed E-state index contributed by atoms with van der Waals surface area (Å²) in [6.07, 6.45) is 11.3. The minimum atomic E-state index is 0. The molecule has 3 aliphatic rings. The van der Waals surface area contributed by atoms with Crippen LogP contribution in [0.3, 0.4) is 0 Å². The van der Waals surface area contributed by atoms with Crippen molar-refractivity contribution in [2.75, 3.05) is 32.7 Å². The van der Waals surface area contributed by atoms with E-state index in [-0.39, 0.29) is 35.8 Å². The van der Waals surface area contributed by atoms with Crippen LogP contribution in [-0.4, -0.2) is 49.5 Å². The lowest BCUT2D eigenvalue weighted by molar-refractivity contribution is -0.125. The summed E-state index contributed by atoms with van der Waals surface area (Å²) in [6, 6.07) is 0. The minimum absolute atomic E-state index is 0. The van der Waals surface area contributed by atoms with Gasteiger partial charge in [0.1, 0.15) is 0 Å². The zero-order chi connectivity index (χ0) is 16.8. The van der Waals surface area contributed by atoms with Crippen molar-refractivity contribution in [2.24, 2.45) is 16.3 Å². The number of rotatable bonds is 5. The largest absolute Gasteiger partial charge is 0.357 e. The summed E-state index contributed by atoms with van der Waals surface area (Å²) in [5.74, 6) is 1.52.